The molecule has 0 radical (unpaired) electrons. The maximum atomic E-state index is 6.27. The molecular formula is C36H47N3O2. The van der Waals surface area contributed by atoms with E-state index in [2.05, 4.69) is 105 Å². The van der Waals surface area contributed by atoms with Crippen LogP contribution in [0.4, 0.5) is 0 Å². The van der Waals surface area contributed by atoms with Crippen LogP contribution in [0.3, 0.4) is 0 Å². The van der Waals surface area contributed by atoms with Gasteiger partial charge in [-0.3, -0.25) is 0 Å². The molecule has 0 aliphatic heterocycles. The van der Waals surface area contributed by atoms with Crippen molar-refractivity contribution in [1.29, 1.82) is 0 Å². The number of aromatic nitrogens is 2. The standard InChI is InChI=1S/C36H47N3O2/c1-6-7-22-39-34-26-31(40-24-23-38(5)29-13-9-8-10-14-29)20-21-33(34)37-35(39)27-12-11-15-32(25-27)41-30-18-16-28(17-19-30)36(2,3)4/h11-12,15-21,25-26,29H,6-10,13-14,22-24H2,1-5H3. The Morgan fingerprint density at radius 1 is 0.902 bits per heavy atom. The summed E-state index contributed by atoms with van der Waals surface area (Å²) in [7, 11) is 2.24. The van der Waals surface area contributed by atoms with Crippen LogP contribution >= 0.6 is 0 Å². The Bertz CT molecular complexity index is 1410. The van der Waals surface area contributed by atoms with E-state index in [1.165, 1.54) is 37.7 Å². The number of ether oxygens (including phenoxy) is 2. The predicted octanol–water partition coefficient (Wildman–Crippen LogP) is 9.24. The second-order valence-corrected chi connectivity index (χ2v) is 12.6. The van der Waals surface area contributed by atoms with E-state index in [-0.39, 0.29) is 5.41 Å². The number of hydrogen-bond acceptors (Lipinski definition) is 4. The second-order valence-electron chi connectivity index (χ2n) is 12.6. The van der Waals surface area contributed by atoms with Gasteiger partial charge in [-0.05, 0) is 73.7 Å². The van der Waals surface area contributed by atoms with Crippen molar-refractivity contribution in [3.8, 4) is 28.6 Å². The minimum Gasteiger partial charge on any atom is -0.492 e. The Kier molecular flexibility index (Phi) is 9.34. The highest BCUT2D eigenvalue weighted by Crippen LogP contribution is 2.32. The summed E-state index contributed by atoms with van der Waals surface area (Å²) in [5.41, 5.74) is 4.58. The summed E-state index contributed by atoms with van der Waals surface area (Å²) in [5, 5.41) is 0. The molecule has 1 aliphatic rings. The summed E-state index contributed by atoms with van der Waals surface area (Å²) in [5.74, 6) is 3.53. The molecule has 1 fully saturated rings. The van der Waals surface area contributed by atoms with E-state index < -0.39 is 0 Å². The summed E-state index contributed by atoms with van der Waals surface area (Å²) in [6, 6.07) is 23.7. The van der Waals surface area contributed by atoms with Gasteiger partial charge >= 0.3 is 0 Å². The molecule has 0 unspecified atom stereocenters. The first kappa shape index (κ1) is 29.2. The van der Waals surface area contributed by atoms with E-state index >= 15 is 0 Å². The van der Waals surface area contributed by atoms with Crippen molar-refractivity contribution in [1.82, 2.24) is 14.5 Å². The van der Waals surface area contributed by atoms with Gasteiger partial charge in [-0.25, -0.2) is 4.98 Å². The van der Waals surface area contributed by atoms with Gasteiger partial charge in [-0.15, -0.1) is 0 Å². The highest BCUT2D eigenvalue weighted by molar-refractivity contribution is 5.82. The van der Waals surface area contributed by atoms with E-state index in [1.807, 2.05) is 6.07 Å². The van der Waals surface area contributed by atoms with Crippen molar-refractivity contribution in [2.24, 2.45) is 0 Å². The van der Waals surface area contributed by atoms with Gasteiger partial charge in [-0.1, -0.05) is 77.6 Å². The van der Waals surface area contributed by atoms with Gasteiger partial charge in [0, 0.05) is 30.8 Å². The van der Waals surface area contributed by atoms with Gasteiger partial charge in [0.2, 0.25) is 0 Å². The van der Waals surface area contributed by atoms with Crippen molar-refractivity contribution in [3.05, 3.63) is 72.3 Å². The predicted molar refractivity (Wildman–Crippen MR) is 170 cm³/mol. The third kappa shape index (κ3) is 7.32. The number of aryl methyl sites for hydroxylation is 1. The molecule has 5 nitrogen and oxygen atoms in total. The molecular weight excluding hydrogens is 506 g/mol. The number of rotatable bonds is 11. The Hall–Kier alpha value is -3.31. The van der Waals surface area contributed by atoms with E-state index in [9.17, 15) is 0 Å². The van der Waals surface area contributed by atoms with Crippen LogP contribution in [0.1, 0.15) is 78.2 Å². The molecule has 5 heteroatoms. The number of nitrogens with zero attached hydrogens (tertiary/aromatic N) is 3. The zero-order valence-corrected chi connectivity index (χ0v) is 25.7. The Labute approximate surface area is 246 Å². The number of benzene rings is 3. The van der Waals surface area contributed by atoms with Crippen molar-refractivity contribution in [3.63, 3.8) is 0 Å². The molecule has 4 aromatic rings. The second kappa shape index (κ2) is 13.1. The van der Waals surface area contributed by atoms with Crippen LogP contribution in [0.2, 0.25) is 0 Å². The van der Waals surface area contributed by atoms with Gasteiger partial charge in [0.1, 0.15) is 29.7 Å². The molecule has 1 saturated carbocycles. The molecule has 0 saturated heterocycles. The van der Waals surface area contributed by atoms with Crippen molar-refractivity contribution in [2.75, 3.05) is 20.2 Å². The topological polar surface area (TPSA) is 39.5 Å². The molecule has 41 heavy (non-hydrogen) atoms. The lowest BCUT2D eigenvalue weighted by atomic mass is 9.87. The summed E-state index contributed by atoms with van der Waals surface area (Å²) < 4.78 is 14.9. The van der Waals surface area contributed by atoms with Crippen molar-refractivity contribution >= 4 is 11.0 Å². The largest absolute Gasteiger partial charge is 0.492 e. The van der Waals surface area contributed by atoms with Crippen LogP contribution in [0, 0.1) is 0 Å². The first-order chi connectivity index (χ1) is 19.8. The van der Waals surface area contributed by atoms with Crippen LogP contribution in [-0.2, 0) is 12.0 Å². The molecule has 0 bridgehead atoms. The molecule has 0 N–H and O–H groups in total. The zero-order chi connectivity index (χ0) is 28.8. The normalized spacial score (nSPS) is 14.6. The van der Waals surface area contributed by atoms with Crippen molar-refractivity contribution < 1.29 is 9.47 Å². The fourth-order valence-corrected chi connectivity index (χ4v) is 5.82. The first-order valence-corrected chi connectivity index (χ1v) is 15.5. The smallest absolute Gasteiger partial charge is 0.141 e. The minimum atomic E-state index is 0.117. The average Bonchev–Trinajstić information content (AvgIpc) is 3.34. The lowest BCUT2D eigenvalue weighted by Gasteiger charge is -2.31. The molecule has 1 heterocycles. The quantitative estimate of drug-likeness (QED) is 0.186. The van der Waals surface area contributed by atoms with Crippen molar-refractivity contribution in [2.45, 2.75) is 90.6 Å². The minimum absolute atomic E-state index is 0.117. The molecule has 218 valence electrons. The highest BCUT2D eigenvalue weighted by Gasteiger charge is 2.18. The molecule has 0 spiro atoms. The third-order valence-corrected chi connectivity index (χ3v) is 8.41. The monoisotopic (exact) mass is 553 g/mol. The number of fused-ring (bicyclic) bond motifs is 1. The van der Waals surface area contributed by atoms with Gasteiger partial charge < -0.3 is 18.9 Å². The highest BCUT2D eigenvalue weighted by atomic mass is 16.5. The lowest BCUT2D eigenvalue weighted by Crippen LogP contribution is -2.36. The van der Waals surface area contributed by atoms with Crippen LogP contribution in [0.5, 0.6) is 17.2 Å². The number of hydrogen-bond donors (Lipinski definition) is 0. The zero-order valence-electron chi connectivity index (χ0n) is 25.7. The number of likely N-dealkylation sites (N-methyl/N-ethyl adjacent to an activating group) is 1. The van der Waals surface area contributed by atoms with Crippen LogP contribution in [0.25, 0.3) is 22.4 Å². The molecule has 1 aromatic heterocycles. The molecule has 5 rings (SSSR count). The van der Waals surface area contributed by atoms with Crippen LogP contribution in [-0.4, -0.2) is 40.7 Å². The SMILES string of the molecule is CCCCn1c(-c2cccc(Oc3ccc(C(C)(C)C)cc3)c2)nc2ccc(OCCN(C)C3CCCCC3)cc21. The fraction of sp³-hybridized carbons (Fsp3) is 0.472. The van der Waals surface area contributed by atoms with Crippen LogP contribution in [0.15, 0.2) is 66.7 Å². The summed E-state index contributed by atoms with van der Waals surface area (Å²) >= 11 is 0. The van der Waals surface area contributed by atoms with Gasteiger partial charge in [0.05, 0.1) is 11.0 Å². The average molecular weight is 554 g/mol. The maximum absolute atomic E-state index is 6.27. The van der Waals surface area contributed by atoms with E-state index in [4.69, 9.17) is 14.5 Å². The molecule has 0 atom stereocenters. The lowest BCUT2D eigenvalue weighted by molar-refractivity contribution is 0.160. The Morgan fingerprint density at radius 3 is 2.39 bits per heavy atom. The molecule has 3 aromatic carbocycles. The van der Waals surface area contributed by atoms with Gasteiger partial charge in [-0.2, -0.15) is 0 Å². The van der Waals surface area contributed by atoms with Gasteiger partial charge in [0.25, 0.3) is 0 Å². The van der Waals surface area contributed by atoms with E-state index in [0.717, 1.165) is 65.6 Å². The maximum Gasteiger partial charge on any atom is 0.141 e. The fourth-order valence-electron chi connectivity index (χ4n) is 5.82. The van der Waals surface area contributed by atoms with Crippen LogP contribution < -0.4 is 9.47 Å². The van der Waals surface area contributed by atoms with E-state index in [0.29, 0.717) is 12.6 Å². The van der Waals surface area contributed by atoms with E-state index in [1.54, 1.807) is 0 Å². The number of imidazole rings is 1. The first-order valence-electron chi connectivity index (χ1n) is 15.5. The Morgan fingerprint density at radius 2 is 1.66 bits per heavy atom. The van der Waals surface area contributed by atoms with Gasteiger partial charge in [0.15, 0.2) is 0 Å². The summed E-state index contributed by atoms with van der Waals surface area (Å²) in [6.07, 6.45) is 8.95. The summed E-state index contributed by atoms with van der Waals surface area (Å²) in [4.78, 5) is 7.56. The third-order valence-electron chi connectivity index (χ3n) is 8.41. The Balaban J connectivity index is 1.34. The molecule has 1 aliphatic carbocycles. The molecule has 0 amide bonds. The summed E-state index contributed by atoms with van der Waals surface area (Å²) in [6.45, 7) is 11.5. The number of unbranched alkanes of at least 4 members (excludes halogenated alkanes) is 1.